The number of hydrogen-bond donors (Lipinski definition) is 4. The molecule has 4 aromatic rings. The number of fused-ring (bicyclic) bond motifs is 1. The van der Waals surface area contributed by atoms with Crippen LogP contribution in [0.15, 0.2) is 36.5 Å². The molecule has 5 rings (SSSR count). The summed E-state index contributed by atoms with van der Waals surface area (Å²) in [5.41, 5.74) is 5.11. The average molecular weight is 405 g/mol. The van der Waals surface area contributed by atoms with Crippen LogP contribution in [0.5, 0.6) is 5.75 Å². The van der Waals surface area contributed by atoms with E-state index in [0.29, 0.717) is 6.42 Å². The van der Waals surface area contributed by atoms with Gasteiger partial charge >= 0.3 is 0 Å². The summed E-state index contributed by atoms with van der Waals surface area (Å²) >= 11 is 0. The van der Waals surface area contributed by atoms with Gasteiger partial charge in [-0.2, -0.15) is 5.10 Å². The van der Waals surface area contributed by atoms with Crippen molar-refractivity contribution >= 4 is 10.9 Å². The number of nitrogens with zero attached hydrogens (tertiary/aromatic N) is 2. The van der Waals surface area contributed by atoms with Crippen molar-refractivity contribution in [3.63, 3.8) is 0 Å². The second-order valence-corrected chi connectivity index (χ2v) is 7.96. The summed E-state index contributed by atoms with van der Waals surface area (Å²) < 4.78 is 14.0. The number of phenolic OH excluding ortho intramolecular Hbond substituents is 1. The molecule has 1 fully saturated rings. The molecule has 0 radical (unpaired) electrons. The number of aromatic nitrogens is 4. The maximum absolute atomic E-state index is 14.0. The van der Waals surface area contributed by atoms with E-state index in [0.717, 1.165) is 63.8 Å². The molecule has 2 aromatic heterocycles. The molecule has 30 heavy (non-hydrogen) atoms. The van der Waals surface area contributed by atoms with Crippen LogP contribution in [0.4, 0.5) is 4.39 Å². The van der Waals surface area contributed by atoms with Crippen LogP contribution in [0.25, 0.3) is 33.5 Å². The summed E-state index contributed by atoms with van der Waals surface area (Å²) in [5.74, 6) is 0.622. The molecule has 4 N–H and O–H groups in total. The predicted octanol–water partition coefficient (Wildman–Crippen LogP) is 4.53. The Morgan fingerprint density at radius 3 is 2.90 bits per heavy atom. The van der Waals surface area contributed by atoms with E-state index in [1.165, 1.54) is 25.0 Å². The highest BCUT2D eigenvalue weighted by molar-refractivity contribution is 5.94. The number of aromatic hydroxyl groups is 1. The molecule has 0 atom stereocenters. The van der Waals surface area contributed by atoms with Gasteiger partial charge in [0, 0.05) is 18.1 Å². The van der Waals surface area contributed by atoms with E-state index in [9.17, 15) is 9.50 Å². The Labute approximate surface area is 173 Å². The van der Waals surface area contributed by atoms with E-state index in [-0.39, 0.29) is 5.75 Å². The molecule has 0 bridgehead atoms. The van der Waals surface area contributed by atoms with Gasteiger partial charge in [0.05, 0.1) is 11.2 Å². The molecule has 0 unspecified atom stereocenters. The Kier molecular flexibility index (Phi) is 4.75. The van der Waals surface area contributed by atoms with Gasteiger partial charge in [0.15, 0.2) is 17.4 Å². The molecular weight excluding hydrogens is 381 g/mol. The first kappa shape index (κ1) is 18.8. The monoisotopic (exact) mass is 405 g/mol. The van der Waals surface area contributed by atoms with Crippen molar-refractivity contribution in [3.8, 4) is 28.4 Å². The summed E-state index contributed by atoms with van der Waals surface area (Å²) in [6, 6.07) is 8.77. The van der Waals surface area contributed by atoms with E-state index in [2.05, 4.69) is 25.5 Å². The Morgan fingerprint density at radius 1 is 1.23 bits per heavy atom. The molecule has 0 aliphatic heterocycles. The van der Waals surface area contributed by atoms with Gasteiger partial charge in [-0.3, -0.25) is 5.10 Å². The maximum Gasteiger partial charge on any atom is 0.165 e. The summed E-state index contributed by atoms with van der Waals surface area (Å²) in [7, 11) is 0. The SMILES string of the molecule is CCc1cc(O)c(F)cc1-c1ccc2c(-c3nc(CNCC4CC4)c[nH]3)n[nH]c2c1. The van der Waals surface area contributed by atoms with Gasteiger partial charge in [-0.1, -0.05) is 13.0 Å². The van der Waals surface area contributed by atoms with Gasteiger partial charge in [0.25, 0.3) is 0 Å². The van der Waals surface area contributed by atoms with Crippen molar-refractivity contribution in [1.82, 2.24) is 25.5 Å². The number of H-pyrrole nitrogens is 2. The summed E-state index contributed by atoms with van der Waals surface area (Å²) in [6.45, 7) is 3.77. The molecule has 2 heterocycles. The van der Waals surface area contributed by atoms with Gasteiger partial charge in [0.2, 0.25) is 0 Å². The Morgan fingerprint density at radius 2 is 2.10 bits per heavy atom. The number of nitrogens with one attached hydrogen (secondary N) is 3. The standard InChI is InChI=1S/C23H24FN5O/c1-2-14-8-21(30)19(24)9-18(14)15-5-6-17-20(7-15)28-29-22(17)23-26-12-16(27-23)11-25-10-13-3-4-13/h5-9,12-13,25,30H,2-4,10-11H2,1H3,(H,26,27)(H,28,29). The second-order valence-electron chi connectivity index (χ2n) is 7.96. The normalized spacial score (nSPS) is 13.9. The minimum atomic E-state index is -0.619. The van der Waals surface area contributed by atoms with Crippen LogP contribution in [-0.4, -0.2) is 31.8 Å². The van der Waals surface area contributed by atoms with Gasteiger partial charge in [-0.25, -0.2) is 9.37 Å². The molecule has 1 aliphatic carbocycles. The average Bonchev–Trinajstić information content (AvgIpc) is 3.29. The topological polar surface area (TPSA) is 89.6 Å². The molecule has 1 aliphatic rings. The zero-order valence-corrected chi connectivity index (χ0v) is 16.8. The van der Waals surface area contributed by atoms with Crippen LogP contribution in [0.1, 0.15) is 31.0 Å². The van der Waals surface area contributed by atoms with Gasteiger partial charge in [-0.15, -0.1) is 0 Å². The van der Waals surface area contributed by atoms with Crippen molar-refractivity contribution in [3.05, 3.63) is 53.6 Å². The fourth-order valence-electron chi connectivity index (χ4n) is 3.83. The van der Waals surface area contributed by atoms with Gasteiger partial charge in [-0.05, 0) is 72.7 Å². The third-order valence-electron chi connectivity index (χ3n) is 5.72. The summed E-state index contributed by atoms with van der Waals surface area (Å²) in [6.07, 6.45) is 5.27. The maximum atomic E-state index is 14.0. The second kappa shape index (κ2) is 7.57. The zero-order chi connectivity index (χ0) is 20.7. The highest BCUT2D eigenvalue weighted by Crippen LogP contribution is 2.33. The molecule has 1 saturated carbocycles. The highest BCUT2D eigenvalue weighted by atomic mass is 19.1. The Hall–Kier alpha value is -3.19. The lowest BCUT2D eigenvalue weighted by Crippen LogP contribution is -2.16. The molecule has 0 saturated heterocycles. The lowest BCUT2D eigenvalue weighted by Gasteiger charge is -2.10. The first-order chi connectivity index (χ1) is 14.6. The number of hydrogen-bond acceptors (Lipinski definition) is 4. The fraction of sp³-hybridized carbons (Fsp3) is 0.304. The number of benzene rings is 2. The minimum absolute atomic E-state index is 0.319. The first-order valence-electron chi connectivity index (χ1n) is 10.4. The largest absolute Gasteiger partial charge is 0.505 e. The Bertz CT molecular complexity index is 1210. The number of rotatable bonds is 7. The van der Waals surface area contributed by atoms with E-state index in [4.69, 9.17) is 0 Å². The molecule has 0 amide bonds. The third kappa shape index (κ3) is 3.57. The van der Waals surface area contributed by atoms with E-state index in [1.54, 1.807) is 0 Å². The molecule has 7 heteroatoms. The van der Waals surface area contributed by atoms with Crippen LogP contribution < -0.4 is 5.32 Å². The first-order valence-corrected chi connectivity index (χ1v) is 10.4. The van der Waals surface area contributed by atoms with Crippen molar-refractivity contribution in [2.45, 2.75) is 32.7 Å². The van der Waals surface area contributed by atoms with Crippen molar-refractivity contribution in [1.29, 1.82) is 0 Å². The predicted molar refractivity (Wildman–Crippen MR) is 115 cm³/mol. The molecule has 154 valence electrons. The molecule has 2 aromatic carbocycles. The third-order valence-corrected chi connectivity index (χ3v) is 5.72. The van der Waals surface area contributed by atoms with Crippen LogP contribution in [0, 0.1) is 11.7 Å². The van der Waals surface area contributed by atoms with Gasteiger partial charge < -0.3 is 15.4 Å². The number of imidazole rings is 1. The van der Waals surface area contributed by atoms with E-state index < -0.39 is 5.82 Å². The van der Waals surface area contributed by atoms with Crippen LogP contribution in [0.3, 0.4) is 0 Å². The summed E-state index contributed by atoms with van der Waals surface area (Å²) in [4.78, 5) is 7.89. The van der Waals surface area contributed by atoms with E-state index >= 15 is 0 Å². The number of aromatic amines is 2. The molecule has 0 spiro atoms. The lowest BCUT2D eigenvalue weighted by atomic mass is 9.96. The number of aryl methyl sites for hydroxylation is 1. The lowest BCUT2D eigenvalue weighted by molar-refractivity contribution is 0.432. The number of halogens is 1. The summed E-state index contributed by atoms with van der Waals surface area (Å²) in [5, 5.41) is 21.6. The number of phenols is 1. The van der Waals surface area contributed by atoms with Crippen molar-refractivity contribution < 1.29 is 9.50 Å². The fourth-order valence-corrected chi connectivity index (χ4v) is 3.83. The molecule has 6 nitrogen and oxygen atoms in total. The van der Waals surface area contributed by atoms with Crippen molar-refractivity contribution in [2.75, 3.05) is 6.54 Å². The minimum Gasteiger partial charge on any atom is -0.505 e. The van der Waals surface area contributed by atoms with Crippen molar-refractivity contribution in [2.24, 2.45) is 5.92 Å². The van der Waals surface area contributed by atoms with Gasteiger partial charge in [0.1, 0.15) is 5.69 Å². The van der Waals surface area contributed by atoms with Crippen LogP contribution in [0.2, 0.25) is 0 Å². The highest BCUT2D eigenvalue weighted by Gasteiger charge is 2.20. The van der Waals surface area contributed by atoms with Crippen LogP contribution in [-0.2, 0) is 13.0 Å². The molecular formula is C23H24FN5O. The quantitative estimate of drug-likeness (QED) is 0.364. The van der Waals surface area contributed by atoms with Crippen LogP contribution >= 0.6 is 0 Å². The zero-order valence-electron chi connectivity index (χ0n) is 16.8. The Balaban J connectivity index is 1.43. The van der Waals surface area contributed by atoms with E-state index in [1.807, 2.05) is 31.3 Å². The smallest absolute Gasteiger partial charge is 0.165 e.